The molecule has 2 saturated heterocycles. The number of hydrogen-bond donors (Lipinski definition) is 1. The van der Waals surface area contributed by atoms with Gasteiger partial charge in [0.05, 0.1) is 12.6 Å². The predicted octanol–water partition coefficient (Wildman–Crippen LogP) is 2.44. The second kappa shape index (κ2) is 9.72. The van der Waals surface area contributed by atoms with Crippen LogP contribution in [0.5, 0.6) is 0 Å². The van der Waals surface area contributed by atoms with Crippen LogP contribution in [0.15, 0.2) is 24.3 Å². The molecule has 0 radical (unpaired) electrons. The van der Waals surface area contributed by atoms with Crippen LogP contribution in [-0.4, -0.2) is 78.4 Å². The summed E-state index contributed by atoms with van der Waals surface area (Å²) in [6.45, 7) is 14.0. The molecule has 2 heterocycles. The van der Waals surface area contributed by atoms with Crippen LogP contribution in [0.1, 0.15) is 32.8 Å². The second-order valence-electron chi connectivity index (χ2n) is 9.09. The first-order valence-electron chi connectivity index (χ1n) is 10.9. The summed E-state index contributed by atoms with van der Waals surface area (Å²) in [5, 5.41) is 3.02. The van der Waals surface area contributed by atoms with Crippen molar-refractivity contribution in [3.05, 3.63) is 29.8 Å². The van der Waals surface area contributed by atoms with Gasteiger partial charge in [0.25, 0.3) is 0 Å². The van der Waals surface area contributed by atoms with E-state index in [1.165, 1.54) is 6.42 Å². The molecule has 1 aromatic carbocycles. The molecule has 29 heavy (non-hydrogen) atoms. The second-order valence-corrected chi connectivity index (χ2v) is 9.09. The van der Waals surface area contributed by atoms with Crippen molar-refractivity contribution in [1.29, 1.82) is 0 Å². The van der Waals surface area contributed by atoms with Crippen LogP contribution in [0, 0.1) is 18.8 Å². The number of piperazine rings is 1. The van der Waals surface area contributed by atoms with E-state index in [9.17, 15) is 9.59 Å². The highest BCUT2D eigenvalue weighted by atomic mass is 16.2. The van der Waals surface area contributed by atoms with E-state index in [1.54, 1.807) is 0 Å². The number of aryl methyl sites for hydroxylation is 1. The molecule has 2 aliphatic heterocycles. The summed E-state index contributed by atoms with van der Waals surface area (Å²) in [5.41, 5.74) is 1.97. The quantitative estimate of drug-likeness (QED) is 0.825. The lowest BCUT2D eigenvalue weighted by Crippen LogP contribution is -2.55. The number of amides is 2. The fourth-order valence-electron chi connectivity index (χ4n) is 4.60. The van der Waals surface area contributed by atoms with Crippen LogP contribution in [-0.2, 0) is 9.59 Å². The number of hydrogen-bond acceptors (Lipinski definition) is 4. The standard InChI is InChI=1S/C23H36N4O2/c1-17-6-5-7-21(13-17)24-23(29)20(4)26-10-8-25(9-11-26)16-22(28)27-14-18(2)12-19(3)15-27/h5-7,13,18-20H,8-12,14-16H2,1-4H3,(H,24,29)/t18-,19+,20-/m0/s1. The van der Waals surface area contributed by atoms with Crippen LogP contribution in [0.4, 0.5) is 5.69 Å². The Balaban J connectivity index is 1.44. The molecule has 0 spiro atoms. The highest BCUT2D eigenvalue weighted by molar-refractivity contribution is 5.94. The summed E-state index contributed by atoms with van der Waals surface area (Å²) in [7, 11) is 0. The van der Waals surface area contributed by atoms with Gasteiger partial charge in [0, 0.05) is 45.0 Å². The van der Waals surface area contributed by atoms with Crippen LogP contribution in [0.25, 0.3) is 0 Å². The first kappa shape index (κ1) is 21.8. The van der Waals surface area contributed by atoms with Gasteiger partial charge in [-0.25, -0.2) is 0 Å². The summed E-state index contributed by atoms with van der Waals surface area (Å²) in [6.07, 6.45) is 1.21. The number of likely N-dealkylation sites (tertiary alicyclic amines) is 1. The van der Waals surface area contributed by atoms with Gasteiger partial charge in [-0.2, -0.15) is 0 Å². The molecule has 0 bridgehead atoms. The number of benzene rings is 1. The van der Waals surface area contributed by atoms with Crippen molar-refractivity contribution in [2.75, 3.05) is 51.1 Å². The molecule has 6 nitrogen and oxygen atoms in total. The molecule has 2 aliphatic rings. The molecular formula is C23H36N4O2. The molecule has 0 aromatic heterocycles. The highest BCUT2D eigenvalue weighted by Gasteiger charge is 2.29. The van der Waals surface area contributed by atoms with E-state index in [0.29, 0.717) is 18.4 Å². The first-order chi connectivity index (χ1) is 13.8. The normalized spacial score (nSPS) is 24.9. The maximum atomic E-state index is 12.7. The topological polar surface area (TPSA) is 55.9 Å². The molecule has 3 rings (SSSR count). The van der Waals surface area contributed by atoms with Crippen molar-refractivity contribution in [1.82, 2.24) is 14.7 Å². The lowest BCUT2D eigenvalue weighted by Gasteiger charge is -2.39. The Bertz CT molecular complexity index is 705. The van der Waals surface area contributed by atoms with Crippen molar-refractivity contribution < 1.29 is 9.59 Å². The summed E-state index contributed by atoms with van der Waals surface area (Å²) < 4.78 is 0. The maximum absolute atomic E-state index is 12.7. The van der Waals surface area contributed by atoms with Crippen molar-refractivity contribution in [2.45, 2.75) is 40.2 Å². The van der Waals surface area contributed by atoms with Gasteiger partial charge >= 0.3 is 0 Å². The Morgan fingerprint density at radius 2 is 1.76 bits per heavy atom. The third kappa shape index (κ3) is 6.03. The van der Waals surface area contributed by atoms with E-state index in [4.69, 9.17) is 0 Å². The molecule has 2 fully saturated rings. The third-order valence-corrected chi connectivity index (χ3v) is 6.20. The summed E-state index contributed by atoms with van der Waals surface area (Å²) in [6, 6.07) is 7.69. The SMILES string of the molecule is Cc1cccc(NC(=O)[C@H](C)N2CCN(CC(=O)N3C[C@H](C)C[C@H](C)C3)CC2)c1. The zero-order valence-electron chi connectivity index (χ0n) is 18.4. The molecule has 6 heteroatoms. The number of carbonyl (C=O) groups is 2. The van der Waals surface area contributed by atoms with Gasteiger partial charge in [-0.15, -0.1) is 0 Å². The lowest BCUT2D eigenvalue weighted by atomic mass is 9.92. The zero-order valence-corrected chi connectivity index (χ0v) is 18.4. The van der Waals surface area contributed by atoms with Crippen LogP contribution in [0.2, 0.25) is 0 Å². The molecule has 0 unspecified atom stereocenters. The zero-order chi connectivity index (χ0) is 21.0. The minimum Gasteiger partial charge on any atom is -0.341 e. The number of rotatable bonds is 5. The number of anilines is 1. The first-order valence-corrected chi connectivity index (χ1v) is 10.9. The van der Waals surface area contributed by atoms with E-state index in [-0.39, 0.29) is 17.9 Å². The molecule has 0 aliphatic carbocycles. The van der Waals surface area contributed by atoms with E-state index in [2.05, 4.69) is 29.0 Å². The Labute approximate surface area is 175 Å². The average molecular weight is 401 g/mol. The number of carbonyl (C=O) groups excluding carboxylic acids is 2. The maximum Gasteiger partial charge on any atom is 0.241 e. The largest absolute Gasteiger partial charge is 0.341 e. The van der Waals surface area contributed by atoms with Crippen molar-refractivity contribution in [3.8, 4) is 0 Å². The van der Waals surface area contributed by atoms with Crippen molar-refractivity contribution >= 4 is 17.5 Å². The molecule has 3 atom stereocenters. The highest BCUT2D eigenvalue weighted by Crippen LogP contribution is 2.21. The Kier molecular flexibility index (Phi) is 7.30. The fraction of sp³-hybridized carbons (Fsp3) is 0.652. The Morgan fingerprint density at radius 3 is 2.38 bits per heavy atom. The fourth-order valence-corrected chi connectivity index (χ4v) is 4.60. The van der Waals surface area contributed by atoms with E-state index in [0.717, 1.165) is 50.5 Å². The van der Waals surface area contributed by atoms with E-state index >= 15 is 0 Å². The van der Waals surface area contributed by atoms with Gasteiger partial charge in [-0.3, -0.25) is 19.4 Å². The number of nitrogens with zero attached hydrogens (tertiary/aromatic N) is 3. The summed E-state index contributed by atoms with van der Waals surface area (Å²) in [4.78, 5) is 31.8. The summed E-state index contributed by atoms with van der Waals surface area (Å²) >= 11 is 0. The molecule has 160 valence electrons. The third-order valence-electron chi connectivity index (χ3n) is 6.20. The lowest BCUT2D eigenvalue weighted by molar-refractivity contribution is -0.136. The summed E-state index contributed by atoms with van der Waals surface area (Å²) in [5.74, 6) is 1.46. The number of piperidine rings is 1. The van der Waals surface area contributed by atoms with E-state index < -0.39 is 0 Å². The van der Waals surface area contributed by atoms with E-state index in [1.807, 2.05) is 43.0 Å². The minimum absolute atomic E-state index is 0.0245. The van der Waals surface area contributed by atoms with Crippen LogP contribution >= 0.6 is 0 Å². The van der Waals surface area contributed by atoms with Gasteiger partial charge in [0.15, 0.2) is 0 Å². The Hall–Kier alpha value is -1.92. The molecule has 1 aromatic rings. The molecule has 2 amide bonds. The number of nitrogens with one attached hydrogen (secondary N) is 1. The van der Waals surface area contributed by atoms with Crippen LogP contribution < -0.4 is 5.32 Å². The molecular weight excluding hydrogens is 364 g/mol. The average Bonchev–Trinajstić information content (AvgIpc) is 2.67. The predicted molar refractivity (Wildman–Crippen MR) is 117 cm³/mol. The van der Waals surface area contributed by atoms with Gasteiger partial charge in [-0.1, -0.05) is 26.0 Å². The van der Waals surface area contributed by atoms with Crippen molar-refractivity contribution in [2.24, 2.45) is 11.8 Å². The van der Waals surface area contributed by atoms with Gasteiger partial charge in [0.1, 0.15) is 0 Å². The smallest absolute Gasteiger partial charge is 0.241 e. The molecule has 1 N–H and O–H groups in total. The van der Waals surface area contributed by atoms with Gasteiger partial charge < -0.3 is 10.2 Å². The molecule has 0 saturated carbocycles. The van der Waals surface area contributed by atoms with Gasteiger partial charge in [0.2, 0.25) is 11.8 Å². The monoisotopic (exact) mass is 400 g/mol. The van der Waals surface area contributed by atoms with Crippen LogP contribution in [0.3, 0.4) is 0 Å². The minimum atomic E-state index is -0.183. The Morgan fingerprint density at radius 1 is 1.10 bits per heavy atom. The van der Waals surface area contributed by atoms with Crippen molar-refractivity contribution in [3.63, 3.8) is 0 Å². The van der Waals surface area contributed by atoms with Gasteiger partial charge in [-0.05, 0) is 49.8 Å².